The minimum atomic E-state index is -0.215. The highest BCUT2D eigenvalue weighted by atomic mass is 16.6. The highest BCUT2D eigenvalue weighted by Crippen LogP contribution is 2.12. The second kappa shape index (κ2) is 26.0. The maximum atomic E-state index is 11.9. The van der Waals surface area contributed by atoms with E-state index in [2.05, 4.69) is 13.8 Å². The summed E-state index contributed by atoms with van der Waals surface area (Å²) in [6.07, 6.45) is 22.7. The molecule has 5 heteroatoms. The van der Waals surface area contributed by atoms with Crippen LogP contribution in [0.15, 0.2) is 0 Å². The molecule has 2 unspecified atom stereocenters. The number of ether oxygens (including phenoxy) is 3. The van der Waals surface area contributed by atoms with E-state index < -0.39 is 0 Å². The van der Waals surface area contributed by atoms with Crippen molar-refractivity contribution in [2.75, 3.05) is 13.2 Å². The van der Waals surface area contributed by atoms with Gasteiger partial charge in [-0.3, -0.25) is 9.59 Å². The zero-order valence-electron chi connectivity index (χ0n) is 23.8. The molecule has 0 aromatic carbocycles. The van der Waals surface area contributed by atoms with Crippen LogP contribution in [0.2, 0.25) is 0 Å². The van der Waals surface area contributed by atoms with Crippen LogP contribution in [0.4, 0.5) is 0 Å². The van der Waals surface area contributed by atoms with Crippen molar-refractivity contribution in [2.24, 2.45) is 0 Å². The third-order valence-electron chi connectivity index (χ3n) is 6.39. The van der Waals surface area contributed by atoms with E-state index in [1.165, 1.54) is 89.9 Å². The number of carbonyl (C=O) groups is 2. The van der Waals surface area contributed by atoms with E-state index in [0.717, 1.165) is 25.7 Å². The molecule has 0 N–H and O–H groups in total. The lowest BCUT2D eigenvalue weighted by Gasteiger charge is -2.19. The third kappa shape index (κ3) is 25.8. The molecule has 0 bridgehead atoms. The van der Waals surface area contributed by atoms with Crippen molar-refractivity contribution < 1.29 is 23.8 Å². The van der Waals surface area contributed by atoms with E-state index >= 15 is 0 Å². The molecule has 35 heavy (non-hydrogen) atoms. The fourth-order valence-electron chi connectivity index (χ4n) is 4.20. The third-order valence-corrected chi connectivity index (χ3v) is 6.39. The quantitative estimate of drug-likeness (QED) is 0.0881. The van der Waals surface area contributed by atoms with E-state index in [1.807, 2.05) is 13.8 Å². The summed E-state index contributed by atoms with van der Waals surface area (Å²) in [4.78, 5) is 23.9. The lowest BCUT2D eigenvalue weighted by molar-refractivity contribution is -0.153. The van der Waals surface area contributed by atoms with Gasteiger partial charge in [0.15, 0.2) is 0 Å². The Bertz CT molecular complexity index is 437. The molecule has 0 radical (unpaired) electrons. The zero-order chi connectivity index (χ0) is 26.0. The lowest BCUT2D eigenvalue weighted by atomic mass is 10.1. The molecule has 2 atom stereocenters. The van der Waals surface area contributed by atoms with Crippen molar-refractivity contribution >= 4 is 11.9 Å². The Hall–Kier alpha value is -1.10. The number of carbonyl (C=O) groups excluding carboxylic acids is 2. The van der Waals surface area contributed by atoms with Gasteiger partial charge in [-0.25, -0.2) is 0 Å². The Morgan fingerprint density at radius 3 is 1.09 bits per heavy atom. The van der Waals surface area contributed by atoms with E-state index in [-0.39, 0.29) is 37.4 Å². The molecule has 0 aromatic rings. The molecular weight excluding hydrogens is 440 g/mol. The molecule has 0 amide bonds. The zero-order valence-corrected chi connectivity index (χ0v) is 23.8. The average Bonchev–Trinajstić information content (AvgIpc) is 2.84. The Morgan fingerprint density at radius 2 is 0.771 bits per heavy atom. The summed E-state index contributed by atoms with van der Waals surface area (Å²) in [5, 5.41) is 0. The molecule has 0 saturated carbocycles. The highest BCUT2D eigenvalue weighted by molar-refractivity contribution is 5.69. The summed E-state index contributed by atoms with van der Waals surface area (Å²) >= 11 is 0. The van der Waals surface area contributed by atoms with Gasteiger partial charge in [0.2, 0.25) is 0 Å². The predicted octanol–water partition coefficient (Wildman–Crippen LogP) is 8.71. The first-order valence-electron chi connectivity index (χ1n) is 15.0. The Balaban J connectivity index is 3.57. The van der Waals surface area contributed by atoms with Gasteiger partial charge in [-0.05, 0) is 26.7 Å². The van der Waals surface area contributed by atoms with Gasteiger partial charge < -0.3 is 14.2 Å². The van der Waals surface area contributed by atoms with Gasteiger partial charge in [0, 0.05) is 12.8 Å². The maximum absolute atomic E-state index is 11.9. The van der Waals surface area contributed by atoms with Crippen LogP contribution in [0.3, 0.4) is 0 Å². The van der Waals surface area contributed by atoms with Crippen LogP contribution in [-0.2, 0) is 23.8 Å². The molecular formula is C30H58O5. The second-order valence-corrected chi connectivity index (χ2v) is 10.3. The predicted molar refractivity (Wildman–Crippen MR) is 146 cm³/mol. The molecule has 0 aliphatic heterocycles. The number of rotatable bonds is 26. The molecule has 208 valence electrons. The Morgan fingerprint density at radius 1 is 0.486 bits per heavy atom. The van der Waals surface area contributed by atoms with Gasteiger partial charge >= 0.3 is 11.9 Å². The topological polar surface area (TPSA) is 61.8 Å². The molecule has 0 saturated heterocycles. The van der Waals surface area contributed by atoms with Crippen molar-refractivity contribution in [3.8, 4) is 0 Å². The SMILES string of the molecule is CCCCCCCCCCCC(=O)OCC(C)OC(C)COC(=O)CCCCCCCCCCC. The number of esters is 2. The average molecular weight is 499 g/mol. The molecule has 5 nitrogen and oxygen atoms in total. The summed E-state index contributed by atoms with van der Waals surface area (Å²) in [6.45, 7) is 8.73. The summed E-state index contributed by atoms with van der Waals surface area (Å²) in [6, 6.07) is 0. The summed E-state index contributed by atoms with van der Waals surface area (Å²) in [5.41, 5.74) is 0. The van der Waals surface area contributed by atoms with E-state index in [0.29, 0.717) is 12.8 Å². The van der Waals surface area contributed by atoms with Crippen molar-refractivity contribution in [2.45, 2.75) is 168 Å². The standard InChI is InChI=1S/C30H58O5/c1-5-7-9-11-13-15-17-19-21-23-29(31)33-25-27(3)35-28(4)26-34-30(32)24-22-20-18-16-14-12-10-8-6-2/h27-28H,5-26H2,1-4H3. The van der Waals surface area contributed by atoms with Crippen molar-refractivity contribution in [3.63, 3.8) is 0 Å². The van der Waals surface area contributed by atoms with Gasteiger partial charge in [0.25, 0.3) is 0 Å². The normalized spacial score (nSPS) is 12.9. The van der Waals surface area contributed by atoms with Gasteiger partial charge in [-0.2, -0.15) is 0 Å². The second-order valence-electron chi connectivity index (χ2n) is 10.3. The van der Waals surface area contributed by atoms with Crippen molar-refractivity contribution in [1.82, 2.24) is 0 Å². The van der Waals surface area contributed by atoms with Crippen molar-refractivity contribution in [3.05, 3.63) is 0 Å². The van der Waals surface area contributed by atoms with Crippen LogP contribution in [0.5, 0.6) is 0 Å². The van der Waals surface area contributed by atoms with Crippen LogP contribution in [-0.4, -0.2) is 37.4 Å². The summed E-state index contributed by atoms with van der Waals surface area (Å²) < 4.78 is 16.5. The number of hydrogen-bond donors (Lipinski definition) is 0. The smallest absolute Gasteiger partial charge is 0.305 e. The van der Waals surface area contributed by atoms with Crippen LogP contribution in [0.25, 0.3) is 0 Å². The van der Waals surface area contributed by atoms with Crippen LogP contribution in [0, 0.1) is 0 Å². The van der Waals surface area contributed by atoms with E-state index in [4.69, 9.17) is 14.2 Å². The fourth-order valence-corrected chi connectivity index (χ4v) is 4.20. The van der Waals surface area contributed by atoms with Crippen LogP contribution in [0.1, 0.15) is 156 Å². The number of unbranched alkanes of at least 4 members (excludes halogenated alkanes) is 16. The summed E-state index contributed by atoms with van der Waals surface area (Å²) in [7, 11) is 0. The van der Waals surface area contributed by atoms with E-state index in [9.17, 15) is 9.59 Å². The van der Waals surface area contributed by atoms with Gasteiger partial charge in [0.1, 0.15) is 13.2 Å². The number of hydrogen-bond acceptors (Lipinski definition) is 5. The first-order chi connectivity index (χ1) is 17.0. The fraction of sp³-hybridized carbons (Fsp3) is 0.933. The molecule has 0 rings (SSSR count). The first-order valence-corrected chi connectivity index (χ1v) is 15.0. The first kappa shape index (κ1) is 33.9. The maximum Gasteiger partial charge on any atom is 0.305 e. The minimum absolute atomic E-state index is 0.150. The summed E-state index contributed by atoms with van der Waals surface area (Å²) in [5.74, 6) is -0.299. The molecule has 0 aliphatic rings. The lowest BCUT2D eigenvalue weighted by Crippen LogP contribution is -2.27. The van der Waals surface area contributed by atoms with Gasteiger partial charge in [-0.15, -0.1) is 0 Å². The van der Waals surface area contributed by atoms with Gasteiger partial charge in [-0.1, -0.05) is 117 Å². The van der Waals surface area contributed by atoms with Gasteiger partial charge in [0.05, 0.1) is 12.2 Å². The van der Waals surface area contributed by atoms with Crippen LogP contribution >= 0.6 is 0 Å². The highest BCUT2D eigenvalue weighted by Gasteiger charge is 2.13. The Kier molecular flexibility index (Phi) is 25.2. The monoisotopic (exact) mass is 498 g/mol. The Labute approximate surface area is 217 Å². The molecule has 0 aromatic heterocycles. The van der Waals surface area contributed by atoms with Crippen molar-refractivity contribution in [1.29, 1.82) is 0 Å². The van der Waals surface area contributed by atoms with Crippen LogP contribution < -0.4 is 0 Å². The van der Waals surface area contributed by atoms with E-state index in [1.54, 1.807) is 0 Å². The molecule has 0 fully saturated rings. The molecule has 0 spiro atoms. The molecule has 0 heterocycles. The molecule has 0 aliphatic carbocycles. The minimum Gasteiger partial charge on any atom is -0.463 e. The largest absolute Gasteiger partial charge is 0.463 e.